The van der Waals surface area contributed by atoms with Gasteiger partial charge in [-0.3, -0.25) is 9.59 Å². The number of nitrogens with one attached hydrogen (secondary N) is 1. The van der Waals surface area contributed by atoms with Crippen LogP contribution in [0.15, 0.2) is 29.2 Å². The molecule has 0 saturated carbocycles. The zero-order chi connectivity index (χ0) is 32.3. The van der Waals surface area contributed by atoms with Gasteiger partial charge < -0.3 is 29.3 Å². The van der Waals surface area contributed by atoms with Crippen LogP contribution in [0, 0.1) is 0 Å². The van der Waals surface area contributed by atoms with E-state index in [1.165, 1.54) is 54.1 Å². The van der Waals surface area contributed by atoms with Crippen molar-refractivity contribution in [3.63, 3.8) is 0 Å². The first kappa shape index (κ1) is 35.4. The van der Waals surface area contributed by atoms with Gasteiger partial charge >= 0.3 is 6.09 Å². The molecule has 0 fully saturated rings. The third-order valence-electron chi connectivity index (χ3n) is 7.14. The quantitative estimate of drug-likeness (QED) is 0.287. The highest BCUT2D eigenvalue weighted by Gasteiger charge is 2.33. The number of sulfonamides is 1. The number of methoxy groups -OCH3 is 2. The summed E-state index contributed by atoms with van der Waals surface area (Å²) in [5, 5.41) is 3.33. The molecule has 1 aliphatic heterocycles. The number of benzene rings is 1. The van der Waals surface area contributed by atoms with Crippen LogP contribution in [0.1, 0.15) is 64.8 Å². The van der Waals surface area contributed by atoms with E-state index in [0.717, 1.165) is 23.3 Å². The van der Waals surface area contributed by atoms with Gasteiger partial charge in [-0.05, 0) is 56.0 Å². The van der Waals surface area contributed by atoms with Crippen molar-refractivity contribution in [1.29, 1.82) is 0 Å². The molecule has 1 N–H and O–H groups in total. The van der Waals surface area contributed by atoms with Gasteiger partial charge in [-0.1, -0.05) is 13.8 Å². The van der Waals surface area contributed by atoms with Crippen molar-refractivity contribution >= 4 is 44.3 Å². The van der Waals surface area contributed by atoms with Crippen molar-refractivity contribution in [3.8, 4) is 0 Å². The zero-order valence-corrected chi connectivity index (χ0v) is 27.9. The molecule has 0 atom stereocenters. The van der Waals surface area contributed by atoms with Gasteiger partial charge in [-0.2, -0.15) is 4.31 Å². The Balaban J connectivity index is 1.91. The molecule has 0 unspecified atom stereocenters. The third-order valence-corrected chi connectivity index (χ3v) is 10.2. The largest absolute Gasteiger partial charge is 0.450 e. The topological polar surface area (TPSA) is 135 Å². The van der Waals surface area contributed by atoms with Gasteiger partial charge in [-0.15, -0.1) is 11.3 Å². The zero-order valence-electron chi connectivity index (χ0n) is 26.2. The Kier molecular flexibility index (Phi) is 13.6. The summed E-state index contributed by atoms with van der Waals surface area (Å²) in [6.07, 6.45) is 1.63. The van der Waals surface area contributed by atoms with Crippen LogP contribution in [0.4, 0.5) is 9.80 Å². The number of thiophene rings is 1. The van der Waals surface area contributed by atoms with Crippen LogP contribution in [-0.4, -0.2) is 107 Å². The number of nitrogens with zero attached hydrogens (tertiary/aromatic N) is 3. The van der Waals surface area contributed by atoms with E-state index in [4.69, 9.17) is 14.2 Å². The highest BCUT2D eigenvalue weighted by molar-refractivity contribution is 7.89. The summed E-state index contributed by atoms with van der Waals surface area (Å²) in [6.45, 7) is 8.65. The standard InChI is InChI=1S/C30H44N4O8S2/c1-6-14-32(15-7-2)29(36)26-24-13-16-33(30(37)42-8-3)21-25(24)43-28(26)31-27(35)22-9-11-23(12-10-22)44(38,39)34(17-19-40-4)18-20-41-5/h9-12H,6-8,13-21H2,1-5H3,(H,31,35). The van der Waals surface area contributed by atoms with E-state index in [0.29, 0.717) is 36.6 Å². The van der Waals surface area contributed by atoms with E-state index in [-0.39, 0.29) is 55.8 Å². The highest BCUT2D eigenvalue weighted by Crippen LogP contribution is 2.38. The fourth-order valence-corrected chi connectivity index (χ4v) is 7.60. The van der Waals surface area contributed by atoms with Crippen molar-refractivity contribution in [2.24, 2.45) is 0 Å². The van der Waals surface area contributed by atoms with Crippen LogP contribution in [0.5, 0.6) is 0 Å². The molecule has 3 rings (SSSR count). The second-order valence-electron chi connectivity index (χ2n) is 10.2. The lowest BCUT2D eigenvalue weighted by Gasteiger charge is -2.27. The molecule has 44 heavy (non-hydrogen) atoms. The minimum absolute atomic E-state index is 0.0394. The average molecular weight is 653 g/mol. The summed E-state index contributed by atoms with van der Waals surface area (Å²) in [4.78, 5) is 44.0. The molecule has 1 aromatic carbocycles. The fourth-order valence-electron chi connectivity index (χ4n) is 4.94. The van der Waals surface area contributed by atoms with E-state index in [2.05, 4.69) is 5.32 Å². The molecule has 14 heteroatoms. The van der Waals surface area contributed by atoms with Crippen LogP contribution >= 0.6 is 11.3 Å². The summed E-state index contributed by atoms with van der Waals surface area (Å²) in [5.41, 5.74) is 1.53. The second-order valence-corrected chi connectivity index (χ2v) is 13.3. The van der Waals surface area contributed by atoms with Crippen molar-refractivity contribution in [3.05, 3.63) is 45.8 Å². The Labute approximate surface area is 264 Å². The molecule has 2 aromatic rings. The second kappa shape index (κ2) is 16.9. The average Bonchev–Trinajstić information content (AvgIpc) is 3.37. The maximum Gasteiger partial charge on any atom is 0.410 e. The van der Waals surface area contributed by atoms with E-state index in [1.54, 1.807) is 16.7 Å². The van der Waals surface area contributed by atoms with Gasteiger partial charge in [0.1, 0.15) is 5.00 Å². The van der Waals surface area contributed by atoms with Gasteiger partial charge in [0.15, 0.2) is 0 Å². The highest BCUT2D eigenvalue weighted by atomic mass is 32.2. The van der Waals surface area contributed by atoms with Crippen molar-refractivity contribution in [2.45, 2.75) is 51.5 Å². The van der Waals surface area contributed by atoms with E-state index in [1.807, 2.05) is 13.8 Å². The minimum Gasteiger partial charge on any atom is -0.450 e. The van der Waals surface area contributed by atoms with Crippen LogP contribution < -0.4 is 5.32 Å². The SMILES string of the molecule is CCCN(CCC)C(=O)c1c(NC(=O)c2ccc(S(=O)(=O)N(CCOC)CCOC)cc2)sc2c1CCN(C(=O)OCC)C2. The Bertz CT molecular complexity index is 1360. The molecule has 2 heterocycles. The molecule has 0 bridgehead atoms. The first-order valence-corrected chi connectivity index (χ1v) is 17.1. The number of rotatable bonds is 16. The van der Waals surface area contributed by atoms with Crippen LogP contribution in [0.3, 0.4) is 0 Å². The smallest absolute Gasteiger partial charge is 0.410 e. The van der Waals surface area contributed by atoms with Crippen molar-refractivity contribution < 1.29 is 37.0 Å². The lowest BCUT2D eigenvalue weighted by molar-refractivity contribution is 0.0755. The molecule has 0 saturated heterocycles. The molecule has 1 aromatic heterocycles. The number of carbonyl (C=O) groups is 3. The predicted molar refractivity (Wildman–Crippen MR) is 169 cm³/mol. The lowest BCUT2D eigenvalue weighted by Crippen LogP contribution is -2.37. The van der Waals surface area contributed by atoms with Crippen LogP contribution in [0.25, 0.3) is 0 Å². The van der Waals surface area contributed by atoms with Crippen molar-refractivity contribution in [1.82, 2.24) is 14.1 Å². The summed E-state index contributed by atoms with van der Waals surface area (Å²) < 4.78 is 43.1. The number of ether oxygens (including phenoxy) is 3. The lowest BCUT2D eigenvalue weighted by atomic mass is 10.0. The maximum atomic E-state index is 13.9. The summed E-state index contributed by atoms with van der Waals surface area (Å²) in [7, 11) is -0.855. The molecule has 3 amide bonds. The summed E-state index contributed by atoms with van der Waals surface area (Å²) in [6, 6.07) is 5.68. The molecule has 244 valence electrons. The normalized spacial score (nSPS) is 13.1. The van der Waals surface area contributed by atoms with Gasteiger partial charge in [0.2, 0.25) is 10.0 Å². The maximum absolute atomic E-state index is 13.9. The number of amides is 3. The molecule has 12 nitrogen and oxygen atoms in total. The number of hydrogen-bond acceptors (Lipinski definition) is 9. The first-order chi connectivity index (χ1) is 21.1. The Morgan fingerprint density at radius 2 is 1.57 bits per heavy atom. The van der Waals surface area contributed by atoms with Crippen molar-refractivity contribution in [2.75, 3.05) is 72.1 Å². The Morgan fingerprint density at radius 3 is 2.11 bits per heavy atom. The number of carbonyl (C=O) groups excluding carboxylic acids is 3. The molecular formula is C30H44N4O8S2. The summed E-state index contributed by atoms with van der Waals surface area (Å²) >= 11 is 1.28. The van der Waals surface area contributed by atoms with Gasteiger partial charge in [-0.25, -0.2) is 13.2 Å². The van der Waals surface area contributed by atoms with E-state index in [9.17, 15) is 22.8 Å². The molecule has 0 spiro atoms. The summed E-state index contributed by atoms with van der Waals surface area (Å²) in [5.74, 6) is -0.628. The monoisotopic (exact) mass is 652 g/mol. The molecular weight excluding hydrogens is 608 g/mol. The Morgan fingerprint density at radius 1 is 0.955 bits per heavy atom. The van der Waals surface area contributed by atoms with Gasteiger partial charge in [0, 0.05) is 57.4 Å². The Hall–Kier alpha value is -3.04. The number of hydrogen-bond donors (Lipinski definition) is 1. The number of fused-ring (bicyclic) bond motifs is 1. The number of anilines is 1. The minimum atomic E-state index is -3.85. The third kappa shape index (κ3) is 8.57. The van der Waals surface area contributed by atoms with Crippen LogP contribution in [0.2, 0.25) is 0 Å². The molecule has 0 radical (unpaired) electrons. The molecule has 0 aliphatic carbocycles. The first-order valence-electron chi connectivity index (χ1n) is 14.9. The van der Waals surface area contributed by atoms with Gasteiger partial charge in [0.05, 0.1) is 36.8 Å². The van der Waals surface area contributed by atoms with Crippen LogP contribution in [-0.2, 0) is 37.2 Å². The van der Waals surface area contributed by atoms with E-state index < -0.39 is 22.0 Å². The fraction of sp³-hybridized carbons (Fsp3) is 0.567. The van der Waals surface area contributed by atoms with Gasteiger partial charge in [0.25, 0.3) is 11.8 Å². The van der Waals surface area contributed by atoms with E-state index >= 15 is 0 Å². The predicted octanol–water partition coefficient (Wildman–Crippen LogP) is 4.06. The molecule has 1 aliphatic rings.